The van der Waals surface area contributed by atoms with Crippen LogP contribution in [-0.4, -0.2) is 35.9 Å². The van der Waals surface area contributed by atoms with E-state index in [0.29, 0.717) is 0 Å². The van der Waals surface area contributed by atoms with Crippen molar-refractivity contribution in [1.29, 1.82) is 0 Å². The highest BCUT2D eigenvalue weighted by molar-refractivity contribution is 5.73. The standard InChI is InChI=1S/C5H11NO3/c1-6-4(2-3-7)5(8)9/h4,6-7H,2-3H2,1H3,(H,8,9). The zero-order valence-corrected chi connectivity index (χ0v) is 5.29. The maximum absolute atomic E-state index is 10.1. The lowest BCUT2D eigenvalue weighted by molar-refractivity contribution is -0.139. The van der Waals surface area contributed by atoms with Gasteiger partial charge in [-0.15, -0.1) is 0 Å². The molecule has 0 aliphatic rings. The fourth-order valence-electron chi connectivity index (χ4n) is 0.520. The second-order valence-electron chi connectivity index (χ2n) is 1.69. The summed E-state index contributed by atoms with van der Waals surface area (Å²) in [6.07, 6.45) is 0.256. The first-order valence-electron chi connectivity index (χ1n) is 2.73. The average molecular weight is 133 g/mol. The summed E-state index contributed by atoms with van der Waals surface area (Å²) in [7, 11) is 1.55. The molecule has 0 amide bonds. The summed E-state index contributed by atoms with van der Waals surface area (Å²) in [5.74, 6) is -0.924. The van der Waals surface area contributed by atoms with Crippen LogP contribution in [0.2, 0.25) is 0 Å². The molecule has 0 bridgehead atoms. The van der Waals surface area contributed by atoms with Gasteiger partial charge < -0.3 is 15.5 Å². The third-order valence-electron chi connectivity index (χ3n) is 1.06. The minimum absolute atomic E-state index is 0.0994. The number of aliphatic hydroxyl groups excluding tert-OH is 1. The van der Waals surface area contributed by atoms with E-state index < -0.39 is 12.0 Å². The Kier molecular flexibility index (Phi) is 4.00. The number of hydrogen-bond acceptors (Lipinski definition) is 3. The Balaban J connectivity index is 3.54. The lowest BCUT2D eigenvalue weighted by Gasteiger charge is -2.07. The minimum atomic E-state index is -0.924. The number of likely N-dealkylation sites (N-methyl/N-ethyl adjacent to an activating group) is 1. The SMILES string of the molecule is CNC(CCO)C(=O)O. The fraction of sp³-hybridized carbons (Fsp3) is 0.800. The normalized spacial score (nSPS) is 13.1. The van der Waals surface area contributed by atoms with Gasteiger partial charge in [0.2, 0.25) is 0 Å². The summed E-state index contributed by atoms with van der Waals surface area (Å²) in [6, 6.07) is -0.616. The highest BCUT2D eigenvalue weighted by atomic mass is 16.4. The van der Waals surface area contributed by atoms with Gasteiger partial charge in [-0.1, -0.05) is 0 Å². The average Bonchev–Trinajstić information content (AvgIpc) is 1.82. The second-order valence-corrected chi connectivity index (χ2v) is 1.69. The van der Waals surface area contributed by atoms with E-state index >= 15 is 0 Å². The molecule has 1 unspecified atom stereocenters. The van der Waals surface area contributed by atoms with E-state index in [1.165, 1.54) is 0 Å². The molecule has 4 heteroatoms. The number of aliphatic carboxylic acids is 1. The van der Waals surface area contributed by atoms with E-state index in [1.807, 2.05) is 0 Å². The van der Waals surface area contributed by atoms with Gasteiger partial charge in [-0.05, 0) is 13.5 Å². The van der Waals surface area contributed by atoms with Gasteiger partial charge in [0.25, 0.3) is 0 Å². The fourth-order valence-corrected chi connectivity index (χ4v) is 0.520. The van der Waals surface area contributed by atoms with Gasteiger partial charge in [-0.3, -0.25) is 4.79 Å². The second kappa shape index (κ2) is 4.29. The number of aliphatic hydroxyl groups is 1. The predicted molar refractivity (Wildman–Crippen MR) is 32.2 cm³/mol. The molecular formula is C5H11NO3. The first kappa shape index (κ1) is 8.39. The van der Waals surface area contributed by atoms with E-state index in [1.54, 1.807) is 7.05 Å². The Morgan fingerprint density at radius 1 is 1.78 bits per heavy atom. The van der Waals surface area contributed by atoms with Crippen molar-refractivity contribution in [2.75, 3.05) is 13.7 Å². The molecule has 1 atom stereocenters. The molecule has 0 heterocycles. The van der Waals surface area contributed by atoms with Gasteiger partial charge in [0.1, 0.15) is 6.04 Å². The van der Waals surface area contributed by atoms with Crippen molar-refractivity contribution in [3.63, 3.8) is 0 Å². The Bertz CT molecular complexity index is 94.2. The van der Waals surface area contributed by atoms with Crippen molar-refractivity contribution in [3.8, 4) is 0 Å². The highest BCUT2D eigenvalue weighted by Crippen LogP contribution is 1.87. The largest absolute Gasteiger partial charge is 0.480 e. The quantitative estimate of drug-likeness (QED) is 0.462. The lowest BCUT2D eigenvalue weighted by atomic mass is 10.2. The molecule has 0 aliphatic carbocycles. The summed E-state index contributed by atoms with van der Waals surface area (Å²) in [5.41, 5.74) is 0. The summed E-state index contributed by atoms with van der Waals surface area (Å²) < 4.78 is 0. The van der Waals surface area contributed by atoms with Crippen LogP contribution < -0.4 is 5.32 Å². The minimum Gasteiger partial charge on any atom is -0.480 e. The van der Waals surface area contributed by atoms with Gasteiger partial charge in [-0.2, -0.15) is 0 Å². The molecule has 0 aliphatic heterocycles. The van der Waals surface area contributed by atoms with Crippen LogP contribution in [0.4, 0.5) is 0 Å². The van der Waals surface area contributed by atoms with E-state index in [2.05, 4.69) is 5.32 Å². The van der Waals surface area contributed by atoms with E-state index in [4.69, 9.17) is 10.2 Å². The van der Waals surface area contributed by atoms with Crippen LogP contribution >= 0.6 is 0 Å². The summed E-state index contributed by atoms with van der Waals surface area (Å²) in [5, 5.41) is 19.2. The smallest absolute Gasteiger partial charge is 0.320 e. The van der Waals surface area contributed by atoms with E-state index in [0.717, 1.165) is 0 Å². The molecule has 54 valence electrons. The molecule has 3 N–H and O–H groups in total. The Hall–Kier alpha value is -0.610. The van der Waals surface area contributed by atoms with Crippen LogP contribution in [0.15, 0.2) is 0 Å². The van der Waals surface area contributed by atoms with Crippen molar-refractivity contribution < 1.29 is 15.0 Å². The number of carbonyl (C=O) groups is 1. The maximum Gasteiger partial charge on any atom is 0.320 e. The molecule has 0 fully saturated rings. The Labute approximate surface area is 53.5 Å². The van der Waals surface area contributed by atoms with Gasteiger partial charge in [0.05, 0.1) is 0 Å². The first-order valence-corrected chi connectivity index (χ1v) is 2.73. The Morgan fingerprint density at radius 3 is 2.44 bits per heavy atom. The highest BCUT2D eigenvalue weighted by Gasteiger charge is 2.12. The summed E-state index contributed by atoms with van der Waals surface area (Å²) >= 11 is 0. The van der Waals surface area contributed by atoms with Crippen molar-refractivity contribution in [2.45, 2.75) is 12.5 Å². The lowest BCUT2D eigenvalue weighted by Crippen LogP contribution is -2.34. The predicted octanol–water partition coefficient (Wildman–Crippen LogP) is -0.959. The molecule has 9 heavy (non-hydrogen) atoms. The van der Waals surface area contributed by atoms with Crippen LogP contribution in [-0.2, 0) is 4.79 Å². The van der Waals surface area contributed by atoms with Crippen molar-refractivity contribution in [2.24, 2.45) is 0 Å². The molecule has 0 aromatic rings. The zero-order chi connectivity index (χ0) is 7.28. The number of carboxylic acid groups (broad SMARTS) is 1. The van der Waals surface area contributed by atoms with Gasteiger partial charge in [-0.25, -0.2) is 0 Å². The van der Waals surface area contributed by atoms with Gasteiger partial charge in [0.15, 0.2) is 0 Å². The number of hydrogen-bond donors (Lipinski definition) is 3. The molecule has 0 saturated heterocycles. The summed E-state index contributed by atoms with van der Waals surface area (Å²) in [4.78, 5) is 10.1. The van der Waals surface area contributed by atoms with Crippen molar-refractivity contribution in [3.05, 3.63) is 0 Å². The van der Waals surface area contributed by atoms with Gasteiger partial charge >= 0.3 is 5.97 Å². The van der Waals surface area contributed by atoms with Gasteiger partial charge in [0, 0.05) is 6.61 Å². The molecule has 0 aromatic carbocycles. The molecule has 0 radical (unpaired) electrons. The molecule has 0 spiro atoms. The van der Waals surface area contributed by atoms with Crippen LogP contribution in [0, 0.1) is 0 Å². The van der Waals surface area contributed by atoms with Crippen molar-refractivity contribution in [1.82, 2.24) is 5.32 Å². The molecule has 4 nitrogen and oxygen atoms in total. The monoisotopic (exact) mass is 133 g/mol. The number of carboxylic acids is 1. The van der Waals surface area contributed by atoms with Crippen LogP contribution in [0.25, 0.3) is 0 Å². The van der Waals surface area contributed by atoms with Crippen LogP contribution in [0.1, 0.15) is 6.42 Å². The number of nitrogens with one attached hydrogen (secondary N) is 1. The van der Waals surface area contributed by atoms with Crippen LogP contribution in [0.3, 0.4) is 0 Å². The summed E-state index contributed by atoms with van der Waals surface area (Å²) in [6.45, 7) is -0.0994. The Morgan fingerprint density at radius 2 is 2.33 bits per heavy atom. The maximum atomic E-state index is 10.1. The van der Waals surface area contributed by atoms with Crippen molar-refractivity contribution >= 4 is 5.97 Å². The van der Waals surface area contributed by atoms with E-state index in [9.17, 15) is 4.79 Å². The van der Waals surface area contributed by atoms with Crippen LogP contribution in [0.5, 0.6) is 0 Å². The first-order chi connectivity index (χ1) is 4.22. The zero-order valence-electron chi connectivity index (χ0n) is 5.29. The molecule has 0 saturated carbocycles. The topological polar surface area (TPSA) is 69.6 Å². The molecule has 0 aromatic heterocycles. The molecule has 0 rings (SSSR count). The van der Waals surface area contributed by atoms with E-state index in [-0.39, 0.29) is 13.0 Å². The third-order valence-corrected chi connectivity index (χ3v) is 1.06. The molecular weight excluding hydrogens is 122 g/mol. The third kappa shape index (κ3) is 3.05. The number of rotatable bonds is 4.